The highest BCUT2D eigenvalue weighted by molar-refractivity contribution is 9.09. The van der Waals surface area contributed by atoms with Crippen molar-refractivity contribution in [1.82, 2.24) is 0 Å². The Morgan fingerprint density at radius 3 is 2.24 bits per heavy atom. The minimum Gasteiger partial charge on any atom is -0.490 e. The summed E-state index contributed by atoms with van der Waals surface area (Å²) < 4.78 is 6.06. The molecule has 0 saturated heterocycles. The number of ether oxygens (including phenoxy) is 1. The number of rotatable bonds is 2. The maximum Gasteiger partial charge on any atom is 0.120 e. The van der Waals surface area contributed by atoms with E-state index < -0.39 is 0 Å². The predicted molar refractivity (Wildman–Crippen MR) is 76.5 cm³/mol. The fourth-order valence-corrected chi connectivity index (χ4v) is 2.92. The van der Waals surface area contributed by atoms with Gasteiger partial charge in [0.15, 0.2) is 0 Å². The molecule has 2 unspecified atom stereocenters. The number of benzene rings is 1. The number of hydrogen-bond donors (Lipinski definition) is 0. The first-order chi connectivity index (χ1) is 7.82. The highest BCUT2D eigenvalue weighted by Crippen LogP contribution is 2.47. The van der Waals surface area contributed by atoms with Crippen LogP contribution in [0.3, 0.4) is 0 Å². The molecular weight excluding hydrogens is 300 g/mol. The van der Waals surface area contributed by atoms with Gasteiger partial charge in [-0.1, -0.05) is 41.4 Å². The van der Waals surface area contributed by atoms with Crippen molar-refractivity contribution in [3.63, 3.8) is 0 Å². The van der Waals surface area contributed by atoms with Crippen LogP contribution >= 0.6 is 27.5 Å². The molecule has 0 bridgehead atoms. The largest absolute Gasteiger partial charge is 0.490 e. The summed E-state index contributed by atoms with van der Waals surface area (Å²) in [5.74, 6) is 0.932. The maximum atomic E-state index is 6.15. The van der Waals surface area contributed by atoms with E-state index in [-0.39, 0.29) is 11.5 Å². The summed E-state index contributed by atoms with van der Waals surface area (Å²) in [7, 11) is 0. The van der Waals surface area contributed by atoms with Gasteiger partial charge in [-0.3, -0.25) is 0 Å². The highest BCUT2D eigenvalue weighted by Gasteiger charge is 2.48. The smallest absolute Gasteiger partial charge is 0.120 e. The molecule has 0 aromatic heterocycles. The Hall–Kier alpha value is -0.210. The zero-order chi connectivity index (χ0) is 12.8. The van der Waals surface area contributed by atoms with Gasteiger partial charge in [0, 0.05) is 15.3 Å². The van der Waals surface area contributed by atoms with Gasteiger partial charge >= 0.3 is 0 Å². The molecule has 1 nitrogen and oxygen atoms in total. The number of alkyl halides is 1. The molecule has 0 spiro atoms. The Morgan fingerprint density at radius 2 is 1.82 bits per heavy atom. The second-order valence-corrected chi connectivity index (χ2v) is 6.99. The van der Waals surface area contributed by atoms with Crippen molar-refractivity contribution in [3.8, 4) is 5.75 Å². The fourth-order valence-electron chi connectivity index (χ4n) is 2.18. The maximum absolute atomic E-state index is 6.15. The third-order valence-corrected chi connectivity index (χ3v) is 5.90. The molecule has 94 valence electrons. The monoisotopic (exact) mass is 316 g/mol. The van der Waals surface area contributed by atoms with E-state index in [1.165, 1.54) is 0 Å². The number of hydrogen-bond acceptors (Lipinski definition) is 1. The van der Waals surface area contributed by atoms with Gasteiger partial charge in [0.2, 0.25) is 0 Å². The van der Waals surface area contributed by atoms with Gasteiger partial charge in [0.1, 0.15) is 11.9 Å². The Morgan fingerprint density at radius 1 is 1.29 bits per heavy atom. The summed E-state index contributed by atoms with van der Waals surface area (Å²) in [4.78, 5) is 0.550. The highest BCUT2D eigenvalue weighted by atomic mass is 79.9. The van der Waals surface area contributed by atoms with Gasteiger partial charge in [0.05, 0.1) is 0 Å². The van der Waals surface area contributed by atoms with Crippen molar-refractivity contribution in [2.24, 2.45) is 5.41 Å². The topological polar surface area (TPSA) is 9.23 Å². The molecule has 1 aromatic carbocycles. The second-order valence-electron chi connectivity index (χ2n) is 5.50. The molecule has 0 N–H and O–H groups in total. The minimum absolute atomic E-state index is 0.196. The van der Waals surface area contributed by atoms with E-state index >= 15 is 0 Å². The molecule has 1 aromatic rings. The fraction of sp³-hybridized carbons (Fsp3) is 0.571. The van der Waals surface area contributed by atoms with E-state index in [0.29, 0.717) is 4.83 Å². The van der Waals surface area contributed by atoms with Crippen molar-refractivity contribution in [2.75, 3.05) is 0 Å². The van der Waals surface area contributed by atoms with E-state index in [1.807, 2.05) is 26.0 Å². The third-order valence-electron chi connectivity index (χ3n) is 3.75. The number of aryl methyl sites for hydroxylation is 2. The van der Waals surface area contributed by atoms with Crippen LogP contribution in [0.2, 0.25) is 5.02 Å². The molecule has 0 radical (unpaired) electrons. The van der Waals surface area contributed by atoms with Crippen LogP contribution in [-0.2, 0) is 0 Å². The lowest BCUT2D eigenvalue weighted by Gasteiger charge is -2.48. The molecule has 3 heteroatoms. The molecule has 0 heterocycles. The summed E-state index contributed by atoms with van der Waals surface area (Å²) in [5, 5.41) is 0.837. The van der Waals surface area contributed by atoms with Gasteiger partial charge in [-0.15, -0.1) is 0 Å². The molecule has 0 aliphatic heterocycles. The van der Waals surface area contributed by atoms with Crippen LogP contribution in [0.1, 0.15) is 31.4 Å². The Balaban J connectivity index is 2.16. The van der Waals surface area contributed by atoms with E-state index in [0.717, 1.165) is 28.3 Å². The summed E-state index contributed by atoms with van der Waals surface area (Å²) >= 11 is 9.83. The zero-order valence-corrected chi connectivity index (χ0v) is 13.0. The van der Waals surface area contributed by atoms with E-state index in [2.05, 4.69) is 29.8 Å². The Bertz CT molecular complexity index is 419. The average molecular weight is 318 g/mol. The molecule has 1 aliphatic carbocycles. The SMILES string of the molecule is Cc1cc(OC2CC(Br)C2(C)C)cc(C)c1Cl. The lowest BCUT2D eigenvalue weighted by Crippen LogP contribution is -2.53. The second kappa shape index (κ2) is 4.47. The molecule has 1 saturated carbocycles. The number of halogens is 2. The molecule has 1 fully saturated rings. The van der Waals surface area contributed by atoms with Crippen molar-refractivity contribution in [3.05, 3.63) is 28.3 Å². The standard InChI is InChI=1S/C14H18BrClO/c1-8-5-10(6-9(2)13(8)16)17-12-7-11(15)14(12,3)4/h5-6,11-12H,7H2,1-4H3. The zero-order valence-electron chi connectivity index (χ0n) is 10.7. The predicted octanol–water partition coefficient (Wildman–Crippen LogP) is 4.90. The molecule has 2 rings (SSSR count). The van der Waals surface area contributed by atoms with Gasteiger partial charge in [0.25, 0.3) is 0 Å². The van der Waals surface area contributed by atoms with Crippen LogP contribution in [0.4, 0.5) is 0 Å². The van der Waals surface area contributed by atoms with Gasteiger partial charge in [-0.05, 0) is 43.5 Å². The van der Waals surface area contributed by atoms with Crippen molar-refractivity contribution >= 4 is 27.5 Å². The molecule has 0 amide bonds. The van der Waals surface area contributed by atoms with E-state index in [9.17, 15) is 0 Å². The Kier molecular flexibility index (Phi) is 3.48. The van der Waals surface area contributed by atoms with Crippen molar-refractivity contribution in [1.29, 1.82) is 0 Å². The van der Waals surface area contributed by atoms with Crippen LogP contribution in [0.5, 0.6) is 5.75 Å². The molecule has 17 heavy (non-hydrogen) atoms. The third kappa shape index (κ3) is 2.34. The molecular formula is C14H18BrClO. The Labute approximate surface area is 117 Å². The average Bonchev–Trinajstić information content (AvgIpc) is 2.25. The minimum atomic E-state index is 0.196. The van der Waals surface area contributed by atoms with Gasteiger partial charge < -0.3 is 4.74 Å². The molecule has 1 aliphatic rings. The first-order valence-electron chi connectivity index (χ1n) is 5.90. The summed E-state index contributed by atoms with van der Waals surface area (Å²) in [6.45, 7) is 8.50. The van der Waals surface area contributed by atoms with Gasteiger partial charge in [-0.25, -0.2) is 0 Å². The molecule has 2 atom stereocenters. The normalized spacial score (nSPS) is 26.5. The first kappa shape index (κ1) is 13.2. The van der Waals surface area contributed by atoms with Crippen LogP contribution < -0.4 is 4.74 Å². The quantitative estimate of drug-likeness (QED) is 0.705. The van der Waals surface area contributed by atoms with E-state index in [1.54, 1.807) is 0 Å². The van der Waals surface area contributed by atoms with Crippen molar-refractivity contribution < 1.29 is 4.74 Å². The van der Waals surface area contributed by atoms with Crippen LogP contribution in [0, 0.1) is 19.3 Å². The first-order valence-corrected chi connectivity index (χ1v) is 7.19. The van der Waals surface area contributed by atoms with Crippen LogP contribution in [0.25, 0.3) is 0 Å². The van der Waals surface area contributed by atoms with Gasteiger partial charge in [-0.2, -0.15) is 0 Å². The lowest BCUT2D eigenvalue weighted by atomic mass is 9.69. The summed E-state index contributed by atoms with van der Waals surface area (Å²) in [5.41, 5.74) is 2.35. The van der Waals surface area contributed by atoms with Crippen LogP contribution in [-0.4, -0.2) is 10.9 Å². The summed E-state index contributed by atoms with van der Waals surface area (Å²) in [6, 6.07) is 4.04. The van der Waals surface area contributed by atoms with E-state index in [4.69, 9.17) is 16.3 Å². The van der Waals surface area contributed by atoms with Crippen molar-refractivity contribution in [2.45, 2.75) is 45.0 Å². The lowest BCUT2D eigenvalue weighted by molar-refractivity contribution is -0.00785. The summed E-state index contributed by atoms with van der Waals surface area (Å²) in [6.07, 6.45) is 1.35. The van der Waals surface area contributed by atoms with Crippen LogP contribution in [0.15, 0.2) is 12.1 Å².